The number of non-ortho nitro benzene ring substituents is 2. The summed E-state index contributed by atoms with van der Waals surface area (Å²) < 4.78 is 94.9. The van der Waals surface area contributed by atoms with E-state index in [0.717, 1.165) is 20.8 Å². The number of cyclic esters (lactones) is 2. The van der Waals surface area contributed by atoms with E-state index in [1.807, 2.05) is 51.8 Å². The molecular weight excluding hydrogens is 1810 g/mol. The average Bonchev–Trinajstić information content (AvgIpc) is 1.59. The molecule has 8 aliphatic rings. The number of carboxylic acid groups (broad SMARTS) is 1. The Hall–Kier alpha value is -8.41. The molecular formula is C90H141F2N12O26Pd-. The van der Waals surface area contributed by atoms with Gasteiger partial charge in [-0.1, -0.05) is 87.1 Å². The number of fused-ring (bicyclic) bond motifs is 2. The molecule has 6 fully saturated rings. The van der Waals surface area contributed by atoms with Gasteiger partial charge < -0.3 is 101 Å². The molecule has 0 spiro atoms. The fraction of sp³-hybridized carbons (Fsp3) is 0.711. The number of Topliss-reactive ketones (excluding diaryl/α,β-unsaturated/α-hetero) is 4. The Kier molecular flexibility index (Phi) is 40.3. The van der Waals surface area contributed by atoms with Gasteiger partial charge in [-0.05, 0) is 148 Å². The van der Waals surface area contributed by atoms with Gasteiger partial charge in [0.1, 0.15) is 36.0 Å². The number of ketones is 4. The van der Waals surface area contributed by atoms with Crippen molar-refractivity contribution in [2.24, 2.45) is 35.5 Å². The molecule has 0 aromatic heterocycles. The number of hydrogen-bond acceptors (Lipinski definition) is 33. The van der Waals surface area contributed by atoms with Crippen LogP contribution in [0.4, 0.5) is 29.7 Å². The van der Waals surface area contributed by atoms with Crippen LogP contribution in [0.3, 0.4) is 0 Å². The first-order chi connectivity index (χ1) is 59.7. The monoisotopic (exact) mass is 1950 g/mol. The van der Waals surface area contributed by atoms with Crippen LogP contribution in [0.25, 0.3) is 11.4 Å². The van der Waals surface area contributed by atoms with Crippen molar-refractivity contribution in [2.45, 2.75) is 309 Å². The summed E-state index contributed by atoms with van der Waals surface area (Å²) in [5, 5.41) is 56.4. The van der Waals surface area contributed by atoms with Gasteiger partial charge >= 0.3 is 24.1 Å². The fourth-order valence-electron chi connectivity index (χ4n) is 19.4. The Morgan fingerprint density at radius 2 is 0.885 bits per heavy atom. The predicted octanol–water partition coefficient (Wildman–Crippen LogP) is 9.76. The number of alkyl halides is 2. The van der Waals surface area contributed by atoms with Gasteiger partial charge in [-0.25, -0.2) is 28.0 Å². The fourth-order valence-corrected chi connectivity index (χ4v) is 19.4. The number of methoxy groups -OCH3 is 2. The van der Waals surface area contributed by atoms with E-state index in [9.17, 15) is 68.8 Å². The molecule has 26 atom stereocenters. The second-order valence-corrected chi connectivity index (χ2v) is 36.7. The number of nitrogens with one attached hydrogen (secondary N) is 4. The number of nitro groups is 2. The van der Waals surface area contributed by atoms with Crippen LogP contribution in [0, 0.1) is 63.2 Å². The zero-order valence-electron chi connectivity index (χ0n) is 79.1. The third-order valence-electron chi connectivity index (χ3n) is 26.4. The van der Waals surface area contributed by atoms with Gasteiger partial charge in [0.15, 0.2) is 35.3 Å². The van der Waals surface area contributed by atoms with Crippen LogP contribution in [-0.4, -0.2) is 296 Å². The molecule has 2 aromatic carbocycles. The Morgan fingerprint density at radius 1 is 0.565 bits per heavy atom. The molecule has 10 rings (SSSR count). The number of hydrazine groups is 4. The summed E-state index contributed by atoms with van der Waals surface area (Å²) >= 11 is 0. The van der Waals surface area contributed by atoms with E-state index in [1.165, 1.54) is 62.1 Å². The zero-order valence-corrected chi connectivity index (χ0v) is 80.7. The Labute approximate surface area is 781 Å². The summed E-state index contributed by atoms with van der Waals surface area (Å²) in [6, 6.07) is 9.72. The smallest absolute Gasteiger partial charge is 0.410 e. The van der Waals surface area contributed by atoms with Crippen LogP contribution < -0.4 is 21.9 Å². The first-order valence-electron chi connectivity index (χ1n) is 43.8. The zero-order chi connectivity index (χ0) is 95.7. The van der Waals surface area contributed by atoms with E-state index >= 15 is 8.78 Å². The third-order valence-corrected chi connectivity index (χ3v) is 26.4. The summed E-state index contributed by atoms with van der Waals surface area (Å²) in [6.07, 6.45) is -5.70. The summed E-state index contributed by atoms with van der Waals surface area (Å²) in [7, 11) is 10.0. The predicted molar refractivity (Wildman–Crippen MR) is 473 cm³/mol. The van der Waals surface area contributed by atoms with Crippen molar-refractivity contribution >= 4 is 76.0 Å². The largest absolute Gasteiger partial charge is 0.481 e. The van der Waals surface area contributed by atoms with Crippen LogP contribution in [0.1, 0.15) is 200 Å². The molecule has 41 heteroatoms. The van der Waals surface area contributed by atoms with E-state index in [2.05, 4.69) is 21.9 Å². The Bertz CT molecular complexity index is 4120. The Balaban J connectivity index is 0.000000436. The number of halogens is 2. The number of hydrogen-bond donors (Lipinski definition) is 7. The van der Waals surface area contributed by atoms with Crippen LogP contribution in [0.15, 0.2) is 60.9 Å². The van der Waals surface area contributed by atoms with Gasteiger partial charge in [0.25, 0.3) is 28.7 Å². The number of likely N-dealkylation sites (N-methyl/N-ethyl adjacent to an activating group) is 2. The maximum Gasteiger partial charge on any atom is 0.410 e. The summed E-state index contributed by atoms with van der Waals surface area (Å²) in [6.45, 7) is 27.0. The van der Waals surface area contributed by atoms with E-state index < -0.39 is 182 Å². The third kappa shape index (κ3) is 25.4. The second kappa shape index (κ2) is 46.7. The minimum Gasteiger partial charge on any atom is -0.481 e. The molecule has 0 saturated carbocycles. The number of carboxylic acids is 1. The second-order valence-electron chi connectivity index (χ2n) is 36.7. The van der Waals surface area contributed by atoms with Crippen molar-refractivity contribution in [1.29, 1.82) is 0 Å². The molecule has 6 saturated heterocycles. The molecule has 2 amide bonds. The molecule has 0 aliphatic carbocycles. The van der Waals surface area contributed by atoms with Gasteiger partial charge in [-0.2, -0.15) is 0 Å². The SMILES string of the molecule is C.CC(=O)O.CCC1OC(=O)[C@@](C)(F)C(=O)[C@H](C)[C@@H](OC2O[C@H](C)C[C@H](N(C)C)[C@H]2O)[C@@](C)(OC)C[C@@H](C)C(=O)[C@H](C)C2N(CCCCN3C=C(c4cccc([N+](=O)[O-])c4)NN3)C(=O)O[C@]12C.CCC1OC(=O)[C@@](C)(F)C(=O)[C@H](C)[C@@H](OC2O[C@H](C)C[C@H](N(C)C)[C@H]2O)[C@@](C)(OC)C[C@@H](C)C(=O)[C@H](C)C2N(CCCCN3C=C(c4cccc([N+](=O)[O-])c4)NN3)C(=O)O[C@]12C.[CH3-].[Pd]. The number of aliphatic carboxylic acids is 1. The quantitative estimate of drug-likeness (QED) is 0.00751. The average molecular weight is 1950 g/mol. The molecule has 8 aliphatic heterocycles. The van der Waals surface area contributed by atoms with Gasteiger partial charge in [0.05, 0.1) is 68.9 Å². The minimum absolute atomic E-state index is 0. The normalized spacial score (nSPS) is 35.5. The van der Waals surface area contributed by atoms with Crippen molar-refractivity contribution in [3.63, 3.8) is 0 Å². The number of esters is 2. The summed E-state index contributed by atoms with van der Waals surface area (Å²) in [5.41, 5.74) is 1.82. The number of nitro benzene ring substituents is 2. The number of ether oxygens (including phenoxy) is 10. The number of carbonyl (C=O) groups excluding carboxylic acids is 8. The van der Waals surface area contributed by atoms with Crippen molar-refractivity contribution < 1.29 is 145 Å². The van der Waals surface area contributed by atoms with Gasteiger partial charge in [0.2, 0.25) is 0 Å². The number of carbonyl (C=O) groups is 9. The Morgan fingerprint density at radius 3 is 1.18 bits per heavy atom. The molecule has 2 aromatic rings. The van der Waals surface area contributed by atoms with Gasteiger partial charge in [-0.15, -0.1) is 11.1 Å². The molecule has 8 heterocycles. The maximum atomic E-state index is 16.9. The van der Waals surface area contributed by atoms with Crippen LogP contribution in [-0.2, 0) is 101 Å². The minimum atomic E-state index is -3.21. The van der Waals surface area contributed by atoms with Crippen LogP contribution >= 0.6 is 0 Å². The standard InChI is InChI=1S/2C43H65FN6O12.C2H4O2.CH4.CH3.Pd/c2*1-12-32-43(8)35(49(40(55)62-43)19-14-13-18-48-23-30(45-46-48)28-16-15-17-29(21-28)50(56)57)26(4)33(51)24(2)22-41(6,58-11)37(27(5)36(53)42(7,44)39(54)60-32)61-38-34(52)31(47(9)10)20-25(3)59-38;1-2(3)4;;;/h2*15-17,21,23-27,31-32,34-35,37-38,45-46,52H,12-14,18-20,22H2,1-11H3;1H3,(H,3,4);1H4;1H3;/q;;;;-1;/t2*24-,25-,26+,27+,31+,32?,34-,35?,37-,38?,41+,42+,43-;;;;/m11..../s1. The number of rotatable bonds is 24. The first kappa shape index (κ1) is 113. The van der Waals surface area contributed by atoms with Gasteiger partial charge in [0, 0.05) is 163 Å². The molecule has 0 radical (unpaired) electrons. The van der Waals surface area contributed by atoms with Crippen molar-refractivity contribution in [3.8, 4) is 0 Å². The number of aliphatic hydroxyl groups excluding tert-OH is 2. The number of unbranched alkanes of at least 4 members (excludes halogenated alkanes) is 2. The van der Waals surface area contributed by atoms with E-state index in [0.29, 0.717) is 74.1 Å². The number of amides is 2. The van der Waals surface area contributed by atoms with Crippen molar-refractivity contribution in [2.75, 3.05) is 68.6 Å². The number of benzene rings is 2. The topological polar surface area (TPSA) is 460 Å². The van der Waals surface area contributed by atoms with E-state index in [-0.39, 0.29) is 121 Å². The molecule has 131 heavy (non-hydrogen) atoms. The van der Waals surface area contributed by atoms with Gasteiger partial charge in [-0.3, -0.25) is 54.2 Å². The molecule has 742 valence electrons. The molecule has 7 N–H and O–H groups in total. The first-order valence-corrected chi connectivity index (χ1v) is 43.8. The van der Waals surface area contributed by atoms with Crippen LogP contribution in [0.5, 0.6) is 0 Å². The number of aliphatic hydroxyl groups is 2. The van der Waals surface area contributed by atoms with E-state index in [4.69, 9.17) is 57.3 Å². The summed E-state index contributed by atoms with van der Waals surface area (Å²) in [5.74, 6) is -12.8. The van der Waals surface area contributed by atoms with Crippen molar-refractivity contribution in [3.05, 3.63) is 99.7 Å². The van der Waals surface area contributed by atoms with Crippen molar-refractivity contribution in [1.82, 2.24) is 51.5 Å². The van der Waals surface area contributed by atoms with Crippen LogP contribution in [0.2, 0.25) is 0 Å². The van der Waals surface area contributed by atoms with E-state index in [1.54, 1.807) is 116 Å². The molecule has 6 unspecified atom stereocenters. The number of nitrogens with zero attached hydrogens (tertiary/aromatic N) is 8. The molecule has 38 nitrogen and oxygen atoms in total. The summed E-state index contributed by atoms with van der Waals surface area (Å²) in [4.78, 5) is 151. The maximum absolute atomic E-state index is 16.9. The molecule has 0 bridgehead atoms.